The molecule has 0 radical (unpaired) electrons. The first-order chi connectivity index (χ1) is 6.79. The molecular weight excluding hydrogens is 324 g/mol. The summed E-state index contributed by atoms with van der Waals surface area (Å²) in [6.45, 7) is 0. The van der Waals surface area contributed by atoms with Crippen LogP contribution in [0.5, 0.6) is 0 Å². The van der Waals surface area contributed by atoms with E-state index in [1.54, 1.807) is 0 Å². The number of halogens is 2. The highest BCUT2D eigenvalue weighted by Gasteiger charge is 2.11. The highest BCUT2D eigenvalue weighted by molar-refractivity contribution is 9.10. The topological polar surface area (TPSA) is 0 Å². The van der Waals surface area contributed by atoms with Gasteiger partial charge in [0.15, 0.2) is 0 Å². The second-order valence-corrected chi connectivity index (χ2v) is 5.64. The lowest BCUT2D eigenvalue weighted by molar-refractivity contribution is 0.753. The van der Waals surface area contributed by atoms with Gasteiger partial charge in [-0.15, -0.1) is 0 Å². The van der Waals surface area contributed by atoms with Crippen molar-refractivity contribution in [1.82, 2.24) is 0 Å². The Morgan fingerprint density at radius 1 is 1.36 bits per heavy atom. The van der Waals surface area contributed by atoms with Gasteiger partial charge >= 0.3 is 0 Å². The summed E-state index contributed by atoms with van der Waals surface area (Å²) in [5.74, 6) is 1.84. The second-order valence-electron chi connectivity index (χ2n) is 3.15. The summed E-state index contributed by atoms with van der Waals surface area (Å²) in [7, 11) is 0. The smallest absolute Gasteiger partial charge is 0.0210 e. The summed E-state index contributed by atoms with van der Waals surface area (Å²) in [6, 6.07) is 8.49. The molecule has 1 aromatic rings. The molecule has 0 aliphatic heterocycles. The Labute approximate surface area is 107 Å². The average molecular weight is 338 g/mol. The number of hydrogen-bond donors (Lipinski definition) is 0. The van der Waals surface area contributed by atoms with Crippen molar-refractivity contribution in [3.8, 4) is 0 Å². The standard InChI is InChI=1S/C11H14Br2S/c1-14-7-6-9(8-12)10-4-2-3-5-11(10)13/h2-5,9H,6-8H2,1H3. The van der Waals surface area contributed by atoms with Gasteiger partial charge in [-0.2, -0.15) is 11.8 Å². The lowest BCUT2D eigenvalue weighted by atomic mass is 9.99. The van der Waals surface area contributed by atoms with Crippen LogP contribution in [0.3, 0.4) is 0 Å². The Kier molecular flexibility index (Phi) is 6.22. The molecule has 0 N–H and O–H groups in total. The fraction of sp³-hybridized carbons (Fsp3) is 0.455. The zero-order valence-corrected chi connectivity index (χ0v) is 12.2. The van der Waals surface area contributed by atoms with Gasteiger partial charge in [-0.05, 0) is 36.0 Å². The number of rotatable bonds is 5. The number of hydrogen-bond acceptors (Lipinski definition) is 1. The summed E-state index contributed by atoms with van der Waals surface area (Å²) in [6.07, 6.45) is 3.39. The lowest BCUT2D eigenvalue weighted by Gasteiger charge is -2.15. The Morgan fingerprint density at radius 3 is 2.64 bits per heavy atom. The van der Waals surface area contributed by atoms with E-state index >= 15 is 0 Å². The van der Waals surface area contributed by atoms with E-state index in [1.807, 2.05) is 11.8 Å². The summed E-state index contributed by atoms with van der Waals surface area (Å²) < 4.78 is 1.23. The molecule has 0 aliphatic rings. The molecule has 0 nitrogen and oxygen atoms in total. The number of benzene rings is 1. The van der Waals surface area contributed by atoms with Gasteiger partial charge in [0, 0.05) is 9.80 Å². The van der Waals surface area contributed by atoms with Crippen LogP contribution in [0, 0.1) is 0 Å². The van der Waals surface area contributed by atoms with E-state index < -0.39 is 0 Å². The third kappa shape index (κ3) is 3.59. The molecule has 1 rings (SSSR count). The molecule has 3 heteroatoms. The summed E-state index contributed by atoms with van der Waals surface area (Å²) in [4.78, 5) is 0. The molecule has 14 heavy (non-hydrogen) atoms. The zero-order chi connectivity index (χ0) is 10.4. The normalized spacial score (nSPS) is 12.8. The predicted molar refractivity (Wildman–Crippen MR) is 73.7 cm³/mol. The monoisotopic (exact) mass is 336 g/mol. The quantitative estimate of drug-likeness (QED) is 0.703. The molecule has 0 saturated heterocycles. The van der Waals surface area contributed by atoms with Gasteiger partial charge in [0.2, 0.25) is 0 Å². The highest BCUT2D eigenvalue weighted by atomic mass is 79.9. The van der Waals surface area contributed by atoms with Gasteiger partial charge in [0.05, 0.1) is 0 Å². The average Bonchev–Trinajstić information content (AvgIpc) is 2.21. The van der Waals surface area contributed by atoms with Crippen molar-refractivity contribution in [2.75, 3.05) is 17.3 Å². The van der Waals surface area contributed by atoms with Crippen molar-refractivity contribution in [2.45, 2.75) is 12.3 Å². The summed E-state index contributed by atoms with van der Waals surface area (Å²) in [5.41, 5.74) is 1.42. The Hall–Kier alpha value is 0.530. The van der Waals surface area contributed by atoms with Crippen molar-refractivity contribution in [3.05, 3.63) is 34.3 Å². The minimum Gasteiger partial charge on any atom is -0.165 e. The highest BCUT2D eigenvalue weighted by Crippen LogP contribution is 2.29. The van der Waals surface area contributed by atoms with Crippen LogP contribution < -0.4 is 0 Å². The molecule has 0 fully saturated rings. The van der Waals surface area contributed by atoms with E-state index in [2.05, 4.69) is 62.4 Å². The first kappa shape index (κ1) is 12.6. The van der Waals surface area contributed by atoms with E-state index in [0.29, 0.717) is 5.92 Å². The molecule has 0 saturated carbocycles. The molecule has 0 heterocycles. The van der Waals surface area contributed by atoms with E-state index in [-0.39, 0.29) is 0 Å². The lowest BCUT2D eigenvalue weighted by Crippen LogP contribution is -2.02. The number of thioether (sulfide) groups is 1. The summed E-state index contributed by atoms with van der Waals surface area (Å²) in [5, 5.41) is 1.04. The van der Waals surface area contributed by atoms with Crippen LogP contribution in [-0.2, 0) is 0 Å². The fourth-order valence-electron chi connectivity index (χ4n) is 1.38. The van der Waals surface area contributed by atoms with Gasteiger partial charge in [0.1, 0.15) is 0 Å². The van der Waals surface area contributed by atoms with Crippen LogP contribution in [0.25, 0.3) is 0 Å². The van der Waals surface area contributed by atoms with Gasteiger partial charge < -0.3 is 0 Å². The minimum absolute atomic E-state index is 0.623. The molecular formula is C11H14Br2S. The molecule has 1 aromatic carbocycles. The first-order valence-electron chi connectivity index (χ1n) is 4.59. The minimum atomic E-state index is 0.623. The van der Waals surface area contributed by atoms with Crippen LogP contribution in [0.4, 0.5) is 0 Å². The van der Waals surface area contributed by atoms with Gasteiger partial charge in [-0.1, -0.05) is 50.1 Å². The molecule has 0 bridgehead atoms. The molecule has 78 valence electrons. The van der Waals surface area contributed by atoms with Gasteiger partial charge in [-0.25, -0.2) is 0 Å². The van der Waals surface area contributed by atoms with Gasteiger partial charge in [0.25, 0.3) is 0 Å². The SMILES string of the molecule is CSCCC(CBr)c1ccccc1Br. The van der Waals surface area contributed by atoms with Crippen molar-refractivity contribution in [2.24, 2.45) is 0 Å². The van der Waals surface area contributed by atoms with E-state index in [0.717, 1.165) is 5.33 Å². The van der Waals surface area contributed by atoms with E-state index in [1.165, 1.54) is 22.2 Å². The summed E-state index contributed by atoms with van der Waals surface area (Å²) >= 11 is 9.10. The largest absolute Gasteiger partial charge is 0.165 e. The van der Waals surface area contributed by atoms with Crippen molar-refractivity contribution in [1.29, 1.82) is 0 Å². The van der Waals surface area contributed by atoms with Crippen molar-refractivity contribution < 1.29 is 0 Å². The molecule has 1 atom stereocenters. The van der Waals surface area contributed by atoms with Crippen LogP contribution in [-0.4, -0.2) is 17.3 Å². The van der Waals surface area contributed by atoms with Crippen molar-refractivity contribution in [3.63, 3.8) is 0 Å². The van der Waals surface area contributed by atoms with Crippen LogP contribution in [0.15, 0.2) is 28.7 Å². The molecule has 0 spiro atoms. The van der Waals surface area contributed by atoms with Crippen LogP contribution >= 0.6 is 43.6 Å². The first-order valence-corrected chi connectivity index (χ1v) is 7.89. The van der Waals surface area contributed by atoms with Crippen LogP contribution in [0.1, 0.15) is 17.9 Å². The van der Waals surface area contributed by atoms with Crippen LogP contribution in [0.2, 0.25) is 0 Å². The third-order valence-corrected chi connectivity index (χ3v) is 4.35. The Bertz CT molecular complexity index is 276. The maximum Gasteiger partial charge on any atom is 0.0210 e. The maximum absolute atomic E-state index is 3.60. The Morgan fingerprint density at radius 2 is 2.07 bits per heavy atom. The fourth-order valence-corrected chi connectivity index (χ4v) is 3.18. The maximum atomic E-state index is 3.60. The molecule has 0 aromatic heterocycles. The predicted octanol–water partition coefficient (Wildman–Crippen LogP) is 4.68. The molecule has 0 amide bonds. The van der Waals surface area contributed by atoms with E-state index in [9.17, 15) is 0 Å². The number of alkyl halides is 1. The van der Waals surface area contributed by atoms with Gasteiger partial charge in [-0.3, -0.25) is 0 Å². The van der Waals surface area contributed by atoms with E-state index in [4.69, 9.17) is 0 Å². The zero-order valence-electron chi connectivity index (χ0n) is 8.17. The third-order valence-electron chi connectivity index (χ3n) is 2.20. The molecule has 0 aliphatic carbocycles. The second kappa shape index (κ2) is 6.91. The molecule has 1 unspecified atom stereocenters. The Balaban J connectivity index is 2.73. The van der Waals surface area contributed by atoms with Crippen molar-refractivity contribution >= 4 is 43.6 Å².